The predicted molar refractivity (Wildman–Crippen MR) is 90.0 cm³/mol. The number of unbranched alkanes of at least 4 members (excludes halogenated alkanes) is 2. The molecule has 0 fully saturated rings. The average Bonchev–Trinajstić information content (AvgIpc) is 2.94. The van der Waals surface area contributed by atoms with Gasteiger partial charge in [0, 0.05) is 4.90 Å². The van der Waals surface area contributed by atoms with Crippen LogP contribution >= 0.6 is 23.1 Å². The van der Waals surface area contributed by atoms with Crippen molar-refractivity contribution >= 4 is 28.9 Å². The van der Waals surface area contributed by atoms with Crippen molar-refractivity contribution < 1.29 is 4.79 Å². The Bertz CT molecular complexity index is 555. The molecular formula is C17H20OS2. The van der Waals surface area contributed by atoms with Gasteiger partial charge in [0.1, 0.15) is 0 Å². The molecule has 3 heteroatoms. The standard InChI is InChI=1S/C17H20OS2/c1-3-4-5-10-19-16-8-6-14(7-9-16)15-11-17(13(2)18)20-12-15/h6-9,11-12H,3-5,10H2,1-2H3. The lowest BCUT2D eigenvalue weighted by Gasteiger charge is -2.03. The van der Waals surface area contributed by atoms with Gasteiger partial charge in [-0.3, -0.25) is 4.79 Å². The number of thiophene rings is 1. The van der Waals surface area contributed by atoms with E-state index in [4.69, 9.17) is 0 Å². The second-order valence-corrected chi connectivity index (χ2v) is 6.92. The quantitative estimate of drug-likeness (QED) is 0.360. The Morgan fingerprint density at radius 2 is 1.90 bits per heavy atom. The van der Waals surface area contributed by atoms with E-state index in [1.54, 1.807) is 6.92 Å². The summed E-state index contributed by atoms with van der Waals surface area (Å²) in [6.07, 6.45) is 3.87. The number of hydrogen-bond acceptors (Lipinski definition) is 3. The molecule has 2 aromatic rings. The minimum Gasteiger partial charge on any atom is -0.294 e. The number of carbonyl (C=O) groups is 1. The molecule has 0 unspecified atom stereocenters. The molecule has 106 valence electrons. The summed E-state index contributed by atoms with van der Waals surface area (Å²) in [5, 5.41) is 2.06. The summed E-state index contributed by atoms with van der Waals surface area (Å²) < 4.78 is 0. The van der Waals surface area contributed by atoms with Crippen molar-refractivity contribution in [2.75, 3.05) is 5.75 Å². The molecule has 1 aromatic heterocycles. The maximum absolute atomic E-state index is 11.3. The van der Waals surface area contributed by atoms with E-state index in [2.05, 4.69) is 36.6 Å². The molecule has 0 aliphatic heterocycles. The highest BCUT2D eigenvalue weighted by Gasteiger charge is 2.06. The predicted octanol–water partition coefficient (Wildman–Crippen LogP) is 5.90. The number of rotatable bonds is 7. The van der Waals surface area contributed by atoms with E-state index in [1.165, 1.54) is 46.8 Å². The first kappa shape index (κ1) is 15.3. The van der Waals surface area contributed by atoms with Gasteiger partial charge in [-0.25, -0.2) is 0 Å². The first-order valence-corrected chi connectivity index (χ1v) is 8.90. The normalized spacial score (nSPS) is 10.7. The van der Waals surface area contributed by atoms with Crippen LogP contribution in [0, 0.1) is 0 Å². The lowest BCUT2D eigenvalue weighted by molar-refractivity contribution is 0.102. The van der Waals surface area contributed by atoms with Crippen LogP contribution in [0.4, 0.5) is 0 Å². The molecule has 0 N–H and O–H groups in total. The number of benzene rings is 1. The second-order valence-electron chi connectivity index (χ2n) is 4.84. The van der Waals surface area contributed by atoms with E-state index in [0.29, 0.717) is 0 Å². The smallest absolute Gasteiger partial charge is 0.169 e. The Morgan fingerprint density at radius 3 is 2.50 bits per heavy atom. The van der Waals surface area contributed by atoms with Crippen LogP contribution in [0.2, 0.25) is 0 Å². The van der Waals surface area contributed by atoms with E-state index >= 15 is 0 Å². The molecule has 20 heavy (non-hydrogen) atoms. The number of ketones is 1. The zero-order chi connectivity index (χ0) is 14.4. The van der Waals surface area contributed by atoms with Gasteiger partial charge in [0.05, 0.1) is 4.88 Å². The van der Waals surface area contributed by atoms with Crippen LogP contribution in [0.15, 0.2) is 40.6 Å². The number of carbonyl (C=O) groups excluding carboxylic acids is 1. The highest BCUT2D eigenvalue weighted by molar-refractivity contribution is 7.99. The van der Waals surface area contributed by atoms with Crippen LogP contribution in [0.5, 0.6) is 0 Å². The molecule has 0 aliphatic carbocycles. The first-order valence-electron chi connectivity index (χ1n) is 7.03. The Hall–Kier alpha value is -1.06. The van der Waals surface area contributed by atoms with Crippen molar-refractivity contribution in [3.8, 4) is 11.1 Å². The monoisotopic (exact) mass is 304 g/mol. The van der Waals surface area contributed by atoms with E-state index in [0.717, 1.165) is 10.4 Å². The van der Waals surface area contributed by atoms with Crippen molar-refractivity contribution in [1.82, 2.24) is 0 Å². The summed E-state index contributed by atoms with van der Waals surface area (Å²) in [7, 11) is 0. The van der Waals surface area contributed by atoms with Crippen molar-refractivity contribution in [3.05, 3.63) is 40.6 Å². The third-order valence-electron chi connectivity index (χ3n) is 3.15. The lowest BCUT2D eigenvalue weighted by Crippen LogP contribution is -1.84. The SMILES string of the molecule is CCCCCSc1ccc(-c2csc(C(C)=O)c2)cc1. The summed E-state index contributed by atoms with van der Waals surface area (Å²) in [5.41, 5.74) is 2.33. The zero-order valence-corrected chi connectivity index (χ0v) is 13.7. The van der Waals surface area contributed by atoms with Gasteiger partial charge in [0.25, 0.3) is 0 Å². The third kappa shape index (κ3) is 4.22. The third-order valence-corrected chi connectivity index (χ3v) is 5.28. The fourth-order valence-corrected chi connectivity index (χ4v) is 3.69. The summed E-state index contributed by atoms with van der Waals surface area (Å²) in [4.78, 5) is 13.5. The van der Waals surface area contributed by atoms with Crippen LogP contribution in [0.3, 0.4) is 0 Å². The maximum Gasteiger partial charge on any atom is 0.169 e. The van der Waals surface area contributed by atoms with E-state index in [-0.39, 0.29) is 5.78 Å². The van der Waals surface area contributed by atoms with Gasteiger partial charge < -0.3 is 0 Å². The van der Waals surface area contributed by atoms with Crippen LogP contribution in [-0.2, 0) is 0 Å². The molecule has 2 rings (SSSR count). The molecule has 0 saturated heterocycles. The van der Waals surface area contributed by atoms with Gasteiger partial charge >= 0.3 is 0 Å². The van der Waals surface area contributed by atoms with Gasteiger partial charge in [0.15, 0.2) is 5.78 Å². The molecule has 1 heterocycles. The van der Waals surface area contributed by atoms with Crippen LogP contribution in [0.1, 0.15) is 42.8 Å². The molecule has 1 nitrogen and oxygen atoms in total. The largest absolute Gasteiger partial charge is 0.294 e. The Labute approximate surface area is 129 Å². The Balaban J connectivity index is 1.98. The zero-order valence-electron chi connectivity index (χ0n) is 12.0. The van der Waals surface area contributed by atoms with Gasteiger partial charge in [-0.2, -0.15) is 0 Å². The fourth-order valence-electron chi connectivity index (χ4n) is 1.96. The molecule has 0 bridgehead atoms. The van der Waals surface area contributed by atoms with Crippen LogP contribution in [-0.4, -0.2) is 11.5 Å². The molecule has 0 radical (unpaired) electrons. The minimum atomic E-state index is 0.143. The van der Waals surface area contributed by atoms with Crippen LogP contribution < -0.4 is 0 Å². The average molecular weight is 304 g/mol. The van der Waals surface area contributed by atoms with E-state index < -0.39 is 0 Å². The lowest BCUT2D eigenvalue weighted by atomic mass is 10.1. The van der Waals surface area contributed by atoms with Crippen LogP contribution in [0.25, 0.3) is 11.1 Å². The Kier molecular flexibility index (Phi) is 5.86. The Morgan fingerprint density at radius 1 is 1.15 bits per heavy atom. The number of thioether (sulfide) groups is 1. The van der Waals surface area contributed by atoms with E-state index in [1.807, 2.05) is 17.8 Å². The molecule has 0 amide bonds. The van der Waals surface area contributed by atoms with E-state index in [9.17, 15) is 4.79 Å². The van der Waals surface area contributed by atoms with Gasteiger partial charge in [0.2, 0.25) is 0 Å². The summed E-state index contributed by atoms with van der Waals surface area (Å²) in [5.74, 6) is 1.34. The number of Topliss-reactive ketones (excluding diaryl/α,β-unsaturated/α-hetero) is 1. The molecule has 1 aromatic carbocycles. The molecular weight excluding hydrogens is 284 g/mol. The highest BCUT2D eigenvalue weighted by Crippen LogP contribution is 2.28. The maximum atomic E-state index is 11.3. The van der Waals surface area contributed by atoms with Crippen molar-refractivity contribution in [2.45, 2.75) is 38.0 Å². The van der Waals surface area contributed by atoms with Gasteiger partial charge in [-0.1, -0.05) is 31.9 Å². The number of hydrogen-bond donors (Lipinski definition) is 0. The summed E-state index contributed by atoms with van der Waals surface area (Å²) in [6, 6.07) is 10.6. The molecule has 0 aliphatic rings. The van der Waals surface area contributed by atoms with Crippen molar-refractivity contribution in [1.29, 1.82) is 0 Å². The summed E-state index contributed by atoms with van der Waals surface area (Å²) >= 11 is 3.44. The molecule has 0 atom stereocenters. The van der Waals surface area contributed by atoms with Crippen molar-refractivity contribution in [3.63, 3.8) is 0 Å². The fraction of sp³-hybridized carbons (Fsp3) is 0.353. The first-order chi connectivity index (χ1) is 9.70. The highest BCUT2D eigenvalue weighted by atomic mass is 32.2. The van der Waals surface area contributed by atoms with Gasteiger partial charge in [-0.05, 0) is 53.8 Å². The van der Waals surface area contributed by atoms with Crippen molar-refractivity contribution in [2.24, 2.45) is 0 Å². The summed E-state index contributed by atoms with van der Waals surface area (Å²) in [6.45, 7) is 3.85. The topological polar surface area (TPSA) is 17.1 Å². The van der Waals surface area contributed by atoms with Gasteiger partial charge in [-0.15, -0.1) is 23.1 Å². The molecule has 0 spiro atoms. The minimum absolute atomic E-state index is 0.143. The molecule has 0 saturated carbocycles. The second kappa shape index (κ2) is 7.65.